The van der Waals surface area contributed by atoms with Gasteiger partial charge in [0.2, 0.25) is 0 Å². The number of anilines is 1. The lowest BCUT2D eigenvalue weighted by molar-refractivity contribution is 0.168. The first-order valence-electron chi connectivity index (χ1n) is 7.79. The summed E-state index contributed by atoms with van der Waals surface area (Å²) in [6, 6.07) is 3.80. The largest absolute Gasteiger partial charge is 0.383 e. The number of hydrogen-bond acceptors (Lipinski definition) is 2. The van der Waals surface area contributed by atoms with E-state index in [4.69, 9.17) is 22.3 Å². The van der Waals surface area contributed by atoms with E-state index in [0.717, 1.165) is 23.1 Å². The van der Waals surface area contributed by atoms with Crippen molar-refractivity contribution in [2.75, 3.05) is 5.73 Å². The number of nitrogens with two attached hydrogens (primary N) is 1. The molecule has 3 nitrogen and oxygen atoms in total. The van der Waals surface area contributed by atoms with Gasteiger partial charge in [-0.05, 0) is 49.1 Å². The number of halogens is 1. The number of pyridine rings is 1. The predicted molar refractivity (Wildman–Crippen MR) is 88.8 cm³/mol. The van der Waals surface area contributed by atoms with Gasteiger partial charge in [0, 0.05) is 12.1 Å². The third-order valence-corrected chi connectivity index (χ3v) is 5.21. The zero-order chi connectivity index (χ0) is 15.2. The van der Waals surface area contributed by atoms with Crippen molar-refractivity contribution in [1.82, 2.24) is 9.38 Å². The second kappa shape index (κ2) is 5.20. The fourth-order valence-electron chi connectivity index (χ4n) is 3.59. The second-order valence-corrected chi connectivity index (χ2v) is 7.81. The highest BCUT2D eigenvalue weighted by molar-refractivity contribution is 6.30. The van der Waals surface area contributed by atoms with Crippen LogP contribution in [0, 0.1) is 11.3 Å². The summed E-state index contributed by atoms with van der Waals surface area (Å²) in [5.41, 5.74) is 8.66. The van der Waals surface area contributed by atoms with Gasteiger partial charge in [-0.25, -0.2) is 4.98 Å². The van der Waals surface area contributed by atoms with E-state index in [0.29, 0.717) is 16.4 Å². The molecule has 0 saturated heterocycles. The summed E-state index contributed by atoms with van der Waals surface area (Å²) < 4.78 is 1.91. The van der Waals surface area contributed by atoms with Gasteiger partial charge >= 0.3 is 0 Å². The number of rotatable bonds is 1. The van der Waals surface area contributed by atoms with Gasteiger partial charge in [0.05, 0.1) is 10.7 Å². The van der Waals surface area contributed by atoms with Crippen molar-refractivity contribution in [2.24, 2.45) is 11.3 Å². The number of nitrogens with zero attached hydrogens (tertiary/aromatic N) is 2. The topological polar surface area (TPSA) is 43.3 Å². The Kier molecular flexibility index (Phi) is 3.64. The highest BCUT2D eigenvalue weighted by Crippen LogP contribution is 2.44. The summed E-state index contributed by atoms with van der Waals surface area (Å²) in [4.78, 5) is 4.74. The van der Waals surface area contributed by atoms with Crippen molar-refractivity contribution < 1.29 is 0 Å². The van der Waals surface area contributed by atoms with Gasteiger partial charge in [-0.15, -0.1) is 0 Å². The van der Waals surface area contributed by atoms with Gasteiger partial charge in [-0.3, -0.25) is 4.40 Å². The zero-order valence-corrected chi connectivity index (χ0v) is 13.8. The molecule has 0 amide bonds. The van der Waals surface area contributed by atoms with E-state index in [9.17, 15) is 0 Å². The van der Waals surface area contributed by atoms with Crippen molar-refractivity contribution in [2.45, 2.75) is 52.4 Å². The van der Waals surface area contributed by atoms with Crippen molar-refractivity contribution >= 4 is 23.1 Å². The molecule has 3 rings (SSSR count). The lowest BCUT2D eigenvalue weighted by Gasteiger charge is -2.36. The van der Waals surface area contributed by atoms with Gasteiger partial charge in [0.25, 0.3) is 0 Å². The fraction of sp³-hybridized carbons (Fsp3) is 0.588. The zero-order valence-electron chi connectivity index (χ0n) is 13.1. The van der Waals surface area contributed by atoms with Gasteiger partial charge in [0.1, 0.15) is 11.5 Å². The molecule has 1 aliphatic carbocycles. The first-order chi connectivity index (χ1) is 9.86. The maximum absolute atomic E-state index is 6.30. The van der Waals surface area contributed by atoms with Crippen LogP contribution < -0.4 is 5.73 Å². The van der Waals surface area contributed by atoms with Gasteiger partial charge < -0.3 is 5.73 Å². The Labute approximate surface area is 131 Å². The molecular formula is C17H24ClN3. The minimum Gasteiger partial charge on any atom is -0.383 e. The third-order valence-electron chi connectivity index (χ3n) is 4.99. The van der Waals surface area contributed by atoms with Crippen LogP contribution in [0.2, 0.25) is 5.02 Å². The summed E-state index contributed by atoms with van der Waals surface area (Å²) in [5.74, 6) is 2.05. The molecule has 0 atom stereocenters. The van der Waals surface area contributed by atoms with Gasteiger partial charge in [-0.2, -0.15) is 0 Å². The Morgan fingerprint density at radius 1 is 1.19 bits per heavy atom. The van der Waals surface area contributed by atoms with Crippen LogP contribution >= 0.6 is 11.6 Å². The molecule has 0 spiro atoms. The molecule has 114 valence electrons. The Balaban J connectivity index is 1.84. The second-order valence-electron chi connectivity index (χ2n) is 7.37. The number of imidazole rings is 1. The molecule has 0 bridgehead atoms. The van der Waals surface area contributed by atoms with E-state index in [1.165, 1.54) is 25.7 Å². The molecular weight excluding hydrogens is 282 g/mol. The SMILES string of the molecule is CC(C)(C)C1CCC(c2nc3ccc(Cl)cn3c2N)CC1. The number of nitrogen functional groups attached to an aromatic ring is 1. The molecule has 1 aliphatic rings. The molecule has 0 radical (unpaired) electrons. The summed E-state index contributed by atoms with van der Waals surface area (Å²) in [5, 5.41) is 0.689. The van der Waals surface area contributed by atoms with Crippen LogP contribution in [0.15, 0.2) is 18.3 Å². The standard InChI is InChI=1S/C17H24ClN3/c1-17(2,3)12-6-4-11(5-7-12)15-16(19)21-10-13(18)8-9-14(21)20-15/h8-12H,4-7,19H2,1-3H3. The molecule has 4 heteroatoms. The first kappa shape index (κ1) is 14.7. The van der Waals surface area contributed by atoms with E-state index < -0.39 is 0 Å². The van der Waals surface area contributed by atoms with Gasteiger partial charge in [0.15, 0.2) is 0 Å². The Morgan fingerprint density at radius 3 is 2.48 bits per heavy atom. The van der Waals surface area contributed by atoms with Crippen molar-refractivity contribution in [1.29, 1.82) is 0 Å². The fourth-order valence-corrected chi connectivity index (χ4v) is 3.75. The maximum atomic E-state index is 6.30. The van der Waals surface area contributed by atoms with Crippen LogP contribution in [0.4, 0.5) is 5.82 Å². The van der Waals surface area contributed by atoms with Gasteiger partial charge in [-0.1, -0.05) is 32.4 Å². The van der Waals surface area contributed by atoms with E-state index in [1.54, 1.807) is 0 Å². The first-order valence-corrected chi connectivity index (χ1v) is 8.17. The van der Waals surface area contributed by atoms with Crippen LogP contribution in [-0.2, 0) is 0 Å². The Bertz CT molecular complexity index is 646. The van der Waals surface area contributed by atoms with E-state index in [1.807, 2.05) is 22.7 Å². The van der Waals surface area contributed by atoms with Crippen LogP contribution in [0.3, 0.4) is 0 Å². The summed E-state index contributed by atoms with van der Waals surface area (Å²) in [7, 11) is 0. The van der Waals surface area contributed by atoms with E-state index >= 15 is 0 Å². The smallest absolute Gasteiger partial charge is 0.138 e. The molecule has 0 unspecified atom stereocenters. The number of hydrogen-bond donors (Lipinski definition) is 1. The van der Waals surface area contributed by atoms with Crippen LogP contribution in [0.5, 0.6) is 0 Å². The van der Waals surface area contributed by atoms with Crippen molar-refractivity contribution in [3.8, 4) is 0 Å². The molecule has 1 saturated carbocycles. The lowest BCUT2D eigenvalue weighted by atomic mass is 9.69. The number of aromatic nitrogens is 2. The third kappa shape index (κ3) is 2.76. The summed E-state index contributed by atoms with van der Waals surface area (Å²) >= 11 is 6.05. The predicted octanol–water partition coefficient (Wildman–Crippen LogP) is 4.89. The van der Waals surface area contributed by atoms with Crippen LogP contribution in [-0.4, -0.2) is 9.38 Å². The maximum Gasteiger partial charge on any atom is 0.138 e. The molecule has 2 aromatic heterocycles. The van der Waals surface area contributed by atoms with Crippen LogP contribution in [0.1, 0.15) is 58.1 Å². The monoisotopic (exact) mass is 305 g/mol. The highest BCUT2D eigenvalue weighted by atomic mass is 35.5. The quantitative estimate of drug-likeness (QED) is 0.815. The minimum absolute atomic E-state index is 0.406. The summed E-state index contributed by atoms with van der Waals surface area (Å²) in [6.07, 6.45) is 6.75. The van der Waals surface area contributed by atoms with Crippen molar-refractivity contribution in [3.05, 3.63) is 29.0 Å². The molecule has 21 heavy (non-hydrogen) atoms. The molecule has 1 fully saturated rings. The van der Waals surface area contributed by atoms with E-state index in [-0.39, 0.29) is 0 Å². The average molecular weight is 306 g/mol. The molecule has 0 aliphatic heterocycles. The minimum atomic E-state index is 0.406. The average Bonchev–Trinajstić information content (AvgIpc) is 2.75. The van der Waals surface area contributed by atoms with Crippen LogP contribution in [0.25, 0.3) is 5.65 Å². The normalized spacial score (nSPS) is 23.6. The Morgan fingerprint density at radius 2 is 1.86 bits per heavy atom. The number of fused-ring (bicyclic) bond motifs is 1. The molecule has 2 N–H and O–H groups in total. The highest BCUT2D eigenvalue weighted by Gasteiger charge is 2.32. The molecule has 2 heterocycles. The summed E-state index contributed by atoms with van der Waals surface area (Å²) in [6.45, 7) is 7.04. The van der Waals surface area contributed by atoms with E-state index in [2.05, 4.69) is 20.8 Å². The lowest BCUT2D eigenvalue weighted by Crippen LogP contribution is -2.25. The Hall–Kier alpha value is -1.22. The molecule has 0 aromatic carbocycles. The van der Waals surface area contributed by atoms with Crippen molar-refractivity contribution in [3.63, 3.8) is 0 Å². The molecule has 2 aromatic rings.